The number of methoxy groups -OCH3 is 1. The predicted octanol–water partition coefficient (Wildman–Crippen LogP) is 2.17. The Balaban J connectivity index is 2.82. The number of hydrogen-bond acceptors (Lipinski definition) is 3. The van der Waals surface area contributed by atoms with Gasteiger partial charge in [-0.1, -0.05) is 22.9 Å². The van der Waals surface area contributed by atoms with Crippen LogP contribution in [0.1, 0.15) is 12.5 Å². The lowest BCUT2D eigenvalue weighted by molar-refractivity contribution is 0.360. The second kappa shape index (κ2) is 6.99. The van der Waals surface area contributed by atoms with Gasteiger partial charge in [0.05, 0.1) is 7.11 Å². The molecule has 0 saturated carbocycles. The zero-order chi connectivity index (χ0) is 12.8. The third-order valence-corrected chi connectivity index (χ3v) is 3.69. The lowest BCUT2D eigenvalue weighted by Gasteiger charge is -2.22. The van der Waals surface area contributed by atoms with E-state index in [9.17, 15) is 0 Å². The van der Waals surface area contributed by atoms with E-state index in [2.05, 4.69) is 28.9 Å². The van der Waals surface area contributed by atoms with E-state index in [4.69, 9.17) is 16.2 Å². The lowest BCUT2D eigenvalue weighted by atomic mass is 9.88. The summed E-state index contributed by atoms with van der Waals surface area (Å²) in [6, 6.07) is 6.06. The first-order chi connectivity index (χ1) is 8.12. The maximum Gasteiger partial charge on any atom is 0.122 e. The van der Waals surface area contributed by atoms with Gasteiger partial charge in [0.25, 0.3) is 0 Å². The summed E-state index contributed by atoms with van der Waals surface area (Å²) >= 11 is 3.48. The molecule has 0 fully saturated rings. The molecule has 17 heavy (non-hydrogen) atoms. The molecule has 1 unspecified atom stereocenters. The van der Waals surface area contributed by atoms with E-state index in [1.54, 1.807) is 7.11 Å². The molecular weight excluding hydrogens is 280 g/mol. The first-order valence-corrected chi connectivity index (χ1v) is 6.64. The van der Waals surface area contributed by atoms with Gasteiger partial charge in [-0.3, -0.25) is 0 Å². The molecule has 0 saturated heterocycles. The molecule has 0 heterocycles. The molecule has 0 aliphatic rings. The third-order valence-electron chi connectivity index (χ3n) is 3.19. The van der Waals surface area contributed by atoms with Crippen LogP contribution in [-0.4, -0.2) is 20.2 Å². The molecule has 0 amide bonds. The molecule has 1 aromatic rings. The first-order valence-electron chi connectivity index (χ1n) is 5.84. The number of hydrogen-bond donors (Lipinski definition) is 2. The number of rotatable bonds is 6. The molecular formula is C13H21BrN2O. The van der Waals surface area contributed by atoms with Crippen molar-refractivity contribution in [2.24, 2.45) is 23.3 Å². The van der Waals surface area contributed by atoms with Gasteiger partial charge in [-0.15, -0.1) is 0 Å². The lowest BCUT2D eigenvalue weighted by Crippen LogP contribution is -2.30. The van der Waals surface area contributed by atoms with Crippen LogP contribution in [0.2, 0.25) is 0 Å². The van der Waals surface area contributed by atoms with Crippen LogP contribution >= 0.6 is 15.9 Å². The Morgan fingerprint density at radius 2 is 1.94 bits per heavy atom. The SMILES string of the molecule is COc1ccc(Br)cc1CC(C)C(CN)CN. The van der Waals surface area contributed by atoms with Crippen molar-refractivity contribution in [3.05, 3.63) is 28.2 Å². The van der Waals surface area contributed by atoms with Gasteiger partial charge in [0.2, 0.25) is 0 Å². The summed E-state index contributed by atoms with van der Waals surface area (Å²) in [5.74, 6) is 1.74. The summed E-state index contributed by atoms with van der Waals surface area (Å²) in [5, 5.41) is 0. The van der Waals surface area contributed by atoms with Gasteiger partial charge >= 0.3 is 0 Å². The average molecular weight is 301 g/mol. The summed E-state index contributed by atoms with van der Waals surface area (Å²) in [6.45, 7) is 3.45. The summed E-state index contributed by atoms with van der Waals surface area (Å²) in [6.07, 6.45) is 0.932. The smallest absolute Gasteiger partial charge is 0.122 e. The van der Waals surface area contributed by atoms with Gasteiger partial charge in [0.1, 0.15) is 5.75 Å². The number of ether oxygens (including phenoxy) is 1. The minimum atomic E-state index is 0.360. The Labute approximate surface area is 112 Å². The Morgan fingerprint density at radius 1 is 1.29 bits per heavy atom. The van der Waals surface area contributed by atoms with Crippen LogP contribution in [-0.2, 0) is 6.42 Å². The van der Waals surface area contributed by atoms with Crippen LogP contribution in [0.5, 0.6) is 5.75 Å². The molecule has 0 aromatic heterocycles. The highest BCUT2D eigenvalue weighted by molar-refractivity contribution is 9.10. The molecule has 0 radical (unpaired) electrons. The summed E-state index contributed by atoms with van der Waals surface area (Å²) in [5.41, 5.74) is 12.6. The average Bonchev–Trinajstić information content (AvgIpc) is 2.31. The number of benzene rings is 1. The van der Waals surface area contributed by atoms with E-state index < -0.39 is 0 Å². The van der Waals surface area contributed by atoms with Crippen LogP contribution in [0, 0.1) is 11.8 Å². The van der Waals surface area contributed by atoms with Crippen LogP contribution in [0.4, 0.5) is 0 Å². The highest BCUT2D eigenvalue weighted by atomic mass is 79.9. The summed E-state index contributed by atoms with van der Waals surface area (Å²) in [4.78, 5) is 0. The van der Waals surface area contributed by atoms with Gasteiger partial charge in [-0.05, 0) is 55.1 Å². The number of nitrogens with two attached hydrogens (primary N) is 2. The fourth-order valence-electron chi connectivity index (χ4n) is 1.98. The van der Waals surface area contributed by atoms with E-state index in [1.807, 2.05) is 12.1 Å². The van der Waals surface area contributed by atoms with Crippen molar-refractivity contribution < 1.29 is 4.74 Å². The van der Waals surface area contributed by atoms with Crippen molar-refractivity contribution in [2.75, 3.05) is 20.2 Å². The van der Waals surface area contributed by atoms with E-state index in [0.717, 1.165) is 16.6 Å². The zero-order valence-corrected chi connectivity index (χ0v) is 12.0. The van der Waals surface area contributed by atoms with Crippen molar-refractivity contribution >= 4 is 15.9 Å². The molecule has 0 spiro atoms. The zero-order valence-electron chi connectivity index (χ0n) is 10.4. The molecule has 3 nitrogen and oxygen atoms in total. The maximum atomic E-state index is 5.72. The van der Waals surface area contributed by atoms with E-state index in [-0.39, 0.29) is 0 Å². The molecule has 1 rings (SSSR count). The molecule has 1 atom stereocenters. The predicted molar refractivity (Wildman–Crippen MR) is 75.2 cm³/mol. The quantitative estimate of drug-likeness (QED) is 0.846. The van der Waals surface area contributed by atoms with Crippen molar-refractivity contribution in [3.63, 3.8) is 0 Å². The second-order valence-electron chi connectivity index (χ2n) is 4.37. The maximum absolute atomic E-state index is 5.72. The molecule has 4 N–H and O–H groups in total. The van der Waals surface area contributed by atoms with Gasteiger partial charge in [-0.25, -0.2) is 0 Å². The first kappa shape index (κ1) is 14.5. The van der Waals surface area contributed by atoms with E-state index in [0.29, 0.717) is 24.9 Å². The fourth-order valence-corrected chi connectivity index (χ4v) is 2.39. The van der Waals surface area contributed by atoms with Crippen molar-refractivity contribution in [3.8, 4) is 5.75 Å². The highest BCUT2D eigenvalue weighted by Gasteiger charge is 2.16. The van der Waals surface area contributed by atoms with Crippen LogP contribution in [0.3, 0.4) is 0 Å². The van der Waals surface area contributed by atoms with E-state index in [1.165, 1.54) is 5.56 Å². The Bertz CT molecular complexity index is 353. The van der Waals surface area contributed by atoms with Crippen molar-refractivity contribution in [1.82, 2.24) is 0 Å². The standard InChI is InChI=1S/C13H21BrN2O/c1-9(11(7-15)8-16)5-10-6-12(14)3-4-13(10)17-2/h3-4,6,9,11H,5,7-8,15-16H2,1-2H3. The fraction of sp³-hybridized carbons (Fsp3) is 0.538. The minimum absolute atomic E-state index is 0.360. The third kappa shape index (κ3) is 3.98. The Kier molecular flexibility index (Phi) is 5.95. The van der Waals surface area contributed by atoms with E-state index >= 15 is 0 Å². The molecule has 96 valence electrons. The molecule has 4 heteroatoms. The van der Waals surface area contributed by atoms with Crippen LogP contribution in [0.15, 0.2) is 22.7 Å². The molecule has 0 aliphatic carbocycles. The van der Waals surface area contributed by atoms with Crippen molar-refractivity contribution in [1.29, 1.82) is 0 Å². The largest absolute Gasteiger partial charge is 0.496 e. The van der Waals surface area contributed by atoms with Crippen LogP contribution in [0.25, 0.3) is 0 Å². The molecule has 0 bridgehead atoms. The highest BCUT2D eigenvalue weighted by Crippen LogP contribution is 2.27. The second-order valence-corrected chi connectivity index (χ2v) is 5.28. The van der Waals surface area contributed by atoms with Crippen LogP contribution < -0.4 is 16.2 Å². The minimum Gasteiger partial charge on any atom is -0.496 e. The molecule has 0 aliphatic heterocycles. The Morgan fingerprint density at radius 3 is 2.47 bits per heavy atom. The summed E-state index contributed by atoms with van der Waals surface area (Å²) < 4.78 is 6.43. The molecule has 1 aromatic carbocycles. The van der Waals surface area contributed by atoms with Gasteiger partial charge in [-0.2, -0.15) is 0 Å². The normalized spacial score (nSPS) is 12.8. The summed E-state index contributed by atoms with van der Waals surface area (Å²) in [7, 11) is 1.70. The monoisotopic (exact) mass is 300 g/mol. The Hall–Kier alpha value is -0.580. The van der Waals surface area contributed by atoms with Gasteiger partial charge < -0.3 is 16.2 Å². The van der Waals surface area contributed by atoms with Crippen molar-refractivity contribution in [2.45, 2.75) is 13.3 Å². The van der Waals surface area contributed by atoms with Gasteiger partial charge in [0, 0.05) is 4.47 Å². The number of halogens is 1. The van der Waals surface area contributed by atoms with Gasteiger partial charge in [0.15, 0.2) is 0 Å². The topological polar surface area (TPSA) is 61.3 Å².